The van der Waals surface area contributed by atoms with E-state index in [9.17, 15) is 0 Å². The maximum atomic E-state index is 3.42. The van der Waals surface area contributed by atoms with Crippen LogP contribution in [-0.2, 0) is 0 Å². The lowest BCUT2D eigenvalue weighted by molar-refractivity contribution is 0.177. The molecule has 1 heterocycles. The number of hydrogen-bond acceptors (Lipinski definition) is 2. The van der Waals surface area contributed by atoms with Gasteiger partial charge in [-0.1, -0.05) is 42.5 Å². The lowest BCUT2D eigenvalue weighted by Gasteiger charge is -2.33. The van der Waals surface area contributed by atoms with Crippen LogP contribution in [0.5, 0.6) is 0 Å². The number of nitrogens with one attached hydrogen (secondary N) is 1. The number of nitrogens with zero attached hydrogens (tertiary/aromatic N) is 1. The van der Waals surface area contributed by atoms with E-state index < -0.39 is 0 Å². The van der Waals surface area contributed by atoms with Crippen LogP contribution in [0.4, 0.5) is 0 Å². The van der Waals surface area contributed by atoms with Gasteiger partial charge in [0.15, 0.2) is 0 Å². The zero-order chi connectivity index (χ0) is 11.9. The first-order valence-corrected chi connectivity index (χ1v) is 6.52. The fourth-order valence-electron chi connectivity index (χ4n) is 2.24. The Morgan fingerprint density at radius 1 is 1.33 bits per heavy atom. The monoisotopic (exact) mass is 266 g/mol. The van der Waals surface area contributed by atoms with Gasteiger partial charge in [0.1, 0.15) is 0 Å². The second-order valence-corrected chi connectivity index (χ2v) is 4.69. The van der Waals surface area contributed by atoms with E-state index in [1.54, 1.807) is 0 Å². The van der Waals surface area contributed by atoms with Gasteiger partial charge in [-0.3, -0.25) is 4.90 Å². The standard InChI is InChI=1S/C15H22N2.ClH/c1-14-13-16-10-12-17(14)11-6-5-9-15-7-3-2-4-8-15;/h2-5,7-9,14,16H,6,10-13H2,1H3;1H/b9-5+;. The van der Waals surface area contributed by atoms with Gasteiger partial charge in [0.05, 0.1) is 0 Å². The molecule has 1 fully saturated rings. The summed E-state index contributed by atoms with van der Waals surface area (Å²) in [5.41, 5.74) is 1.29. The fraction of sp³-hybridized carbons (Fsp3) is 0.467. The summed E-state index contributed by atoms with van der Waals surface area (Å²) in [5.74, 6) is 0. The van der Waals surface area contributed by atoms with Gasteiger partial charge in [0.25, 0.3) is 0 Å². The minimum atomic E-state index is 0. The maximum absolute atomic E-state index is 3.42. The third kappa shape index (κ3) is 4.81. The van der Waals surface area contributed by atoms with Crippen LogP contribution in [0.3, 0.4) is 0 Å². The molecule has 0 spiro atoms. The van der Waals surface area contributed by atoms with Crippen LogP contribution in [0, 0.1) is 0 Å². The predicted molar refractivity (Wildman–Crippen MR) is 81.2 cm³/mol. The van der Waals surface area contributed by atoms with Crippen molar-refractivity contribution < 1.29 is 0 Å². The lowest BCUT2D eigenvalue weighted by atomic mass is 10.2. The topological polar surface area (TPSA) is 15.3 Å². The Hall–Kier alpha value is -0.830. The minimum absolute atomic E-state index is 0. The average molecular weight is 267 g/mol. The lowest BCUT2D eigenvalue weighted by Crippen LogP contribution is -2.49. The Kier molecular flexibility index (Phi) is 7.02. The third-order valence-corrected chi connectivity index (χ3v) is 3.33. The highest BCUT2D eigenvalue weighted by atomic mass is 35.5. The Bertz CT molecular complexity index is 351. The molecule has 1 saturated heterocycles. The molecule has 1 aromatic carbocycles. The number of benzene rings is 1. The van der Waals surface area contributed by atoms with E-state index >= 15 is 0 Å². The molecule has 100 valence electrons. The molecule has 0 saturated carbocycles. The van der Waals surface area contributed by atoms with Gasteiger partial charge >= 0.3 is 0 Å². The molecule has 0 amide bonds. The summed E-state index contributed by atoms with van der Waals surface area (Å²) in [5, 5.41) is 3.42. The molecule has 1 unspecified atom stereocenters. The summed E-state index contributed by atoms with van der Waals surface area (Å²) in [6, 6.07) is 11.2. The second-order valence-electron chi connectivity index (χ2n) is 4.69. The summed E-state index contributed by atoms with van der Waals surface area (Å²) in [4.78, 5) is 2.56. The first-order valence-electron chi connectivity index (χ1n) is 6.52. The van der Waals surface area contributed by atoms with Gasteiger partial charge in [-0.25, -0.2) is 0 Å². The van der Waals surface area contributed by atoms with Crippen LogP contribution in [0.15, 0.2) is 36.4 Å². The molecule has 0 radical (unpaired) electrons. The molecule has 0 aromatic heterocycles. The van der Waals surface area contributed by atoms with Crippen LogP contribution in [0.1, 0.15) is 18.9 Å². The highest BCUT2D eigenvalue weighted by Gasteiger charge is 2.15. The van der Waals surface area contributed by atoms with Crippen molar-refractivity contribution in [1.29, 1.82) is 0 Å². The molecule has 1 N–H and O–H groups in total. The van der Waals surface area contributed by atoms with Crippen molar-refractivity contribution in [1.82, 2.24) is 10.2 Å². The molecule has 3 heteroatoms. The molecule has 1 aromatic rings. The number of halogens is 1. The predicted octanol–water partition coefficient (Wildman–Crippen LogP) is 2.81. The van der Waals surface area contributed by atoms with Crippen molar-refractivity contribution in [2.75, 3.05) is 26.2 Å². The van der Waals surface area contributed by atoms with Crippen LogP contribution in [0.25, 0.3) is 6.08 Å². The quantitative estimate of drug-likeness (QED) is 0.902. The zero-order valence-electron chi connectivity index (χ0n) is 11.0. The molecule has 2 rings (SSSR count). The van der Waals surface area contributed by atoms with Crippen molar-refractivity contribution >= 4 is 18.5 Å². The van der Waals surface area contributed by atoms with Gasteiger partial charge < -0.3 is 5.32 Å². The van der Waals surface area contributed by atoms with Crippen molar-refractivity contribution in [3.05, 3.63) is 42.0 Å². The number of piperazine rings is 1. The van der Waals surface area contributed by atoms with Crippen molar-refractivity contribution in [3.8, 4) is 0 Å². The van der Waals surface area contributed by atoms with Gasteiger partial charge in [0.2, 0.25) is 0 Å². The van der Waals surface area contributed by atoms with Gasteiger partial charge in [-0.05, 0) is 18.9 Å². The highest BCUT2D eigenvalue weighted by molar-refractivity contribution is 5.85. The molecule has 1 atom stereocenters. The van der Waals surface area contributed by atoms with E-state index in [2.05, 4.69) is 59.6 Å². The first-order chi connectivity index (χ1) is 8.36. The zero-order valence-corrected chi connectivity index (χ0v) is 11.8. The third-order valence-electron chi connectivity index (χ3n) is 3.33. The minimum Gasteiger partial charge on any atom is -0.314 e. The van der Waals surface area contributed by atoms with Gasteiger partial charge in [-0.2, -0.15) is 0 Å². The molecule has 1 aliphatic rings. The fourth-order valence-corrected chi connectivity index (χ4v) is 2.24. The van der Waals surface area contributed by atoms with Crippen LogP contribution < -0.4 is 5.32 Å². The molecule has 2 nitrogen and oxygen atoms in total. The highest BCUT2D eigenvalue weighted by Crippen LogP contribution is 2.05. The first kappa shape index (κ1) is 15.2. The number of rotatable bonds is 4. The van der Waals surface area contributed by atoms with E-state index in [1.165, 1.54) is 18.7 Å². The maximum Gasteiger partial charge on any atom is 0.0193 e. The summed E-state index contributed by atoms with van der Waals surface area (Å²) >= 11 is 0. The Balaban J connectivity index is 0.00000162. The largest absolute Gasteiger partial charge is 0.314 e. The molecular formula is C15H23ClN2. The molecule has 0 bridgehead atoms. The van der Waals surface area contributed by atoms with Crippen molar-refractivity contribution in [2.45, 2.75) is 19.4 Å². The smallest absolute Gasteiger partial charge is 0.0193 e. The Morgan fingerprint density at radius 2 is 2.11 bits per heavy atom. The van der Waals surface area contributed by atoms with E-state index in [-0.39, 0.29) is 12.4 Å². The van der Waals surface area contributed by atoms with Crippen molar-refractivity contribution in [2.24, 2.45) is 0 Å². The SMILES string of the molecule is CC1CNCCN1CC/C=C/c1ccccc1.Cl. The summed E-state index contributed by atoms with van der Waals surface area (Å²) in [6.45, 7) is 6.91. The normalized spacial score (nSPS) is 20.8. The Labute approximate surface area is 116 Å². The van der Waals surface area contributed by atoms with Crippen molar-refractivity contribution in [3.63, 3.8) is 0 Å². The van der Waals surface area contributed by atoms with E-state index in [1.807, 2.05) is 0 Å². The summed E-state index contributed by atoms with van der Waals surface area (Å²) in [6.07, 6.45) is 5.64. The Morgan fingerprint density at radius 3 is 2.83 bits per heavy atom. The van der Waals surface area contributed by atoms with E-state index in [4.69, 9.17) is 0 Å². The molecule has 0 aliphatic carbocycles. The number of hydrogen-bond donors (Lipinski definition) is 1. The van der Waals surface area contributed by atoms with Crippen LogP contribution >= 0.6 is 12.4 Å². The second kappa shape index (κ2) is 8.30. The summed E-state index contributed by atoms with van der Waals surface area (Å²) < 4.78 is 0. The average Bonchev–Trinajstić information content (AvgIpc) is 2.38. The van der Waals surface area contributed by atoms with E-state index in [0.29, 0.717) is 6.04 Å². The molecule has 18 heavy (non-hydrogen) atoms. The summed E-state index contributed by atoms with van der Waals surface area (Å²) in [7, 11) is 0. The molecule has 1 aliphatic heterocycles. The van der Waals surface area contributed by atoms with Crippen LogP contribution in [0.2, 0.25) is 0 Å². The van der Waals surface area contributed by atoms with E-state index in [0.717, 1.165) is 19.5 Å². The van der Waals surface area contributed by atoms with Crippen LogP contribution in [-0.4, -0.2) is 37.1 Å². The van der Waals surface area contributed by atoms with Gasteiger partial charge in [-0.15, -0.1) is 12.4 Å². The molecular weight excluding hydrogens is 244 g/mol. The van der Waals surface area contributed by atoms with Gasteiger partial charge in [0, 0.05) is 32.2 Å².